The van der Waals surface area contributed by atoms with Crippen molar-refractivity contribution in [1.82, 2.24) is 4.90 Å². The van der Waals surface area contributed by atoms with Gasteiger partial charge in [-0.25, -0.2) is 0 Å². The largest absolute Gasteiger partial charge is 0.493 e. The summed E-state index contributed by atoms with van der Waals surface area (Å²) < 4.78 is 16.3. The van der Waals surface area contributed by atoms with Crippen LogP contribution in [0.4, 0.5) is 0 Å². The molecule has 5 nitrogen and oxygen atoms in total. The fourth-order valence-corrected chi connectivity index (χ4v) is 4.22. The Bertz CT molecular complexity index is 530. The maximum absolute atomic E-state index is 6.32. The zero-order valence-electron chi connectivity index (χ0n) is 14.8. The van der Waals surface area contributed by atoms with Gasteiger partial charge >= 0.3 is 0 Å². The molecule has 24 heavy (non-hydrogen) atoms. The van der Waals surface area contributed by atoms with Gasteiger partial charge in [0, 0.05) is 25.7 Å². The van der Waals surface area contributed by atoms with Gasteiger partial charge in [0.25, 0.3) is 0 Å². The molecule has 2 fully saturated rings. The van der Waals surface area contributed by atoms with Crippen molar-refractivity contribution in [3.8, 4) is 17.2 Å². The highest BCUT2D eigenvalue weighted by Crippen LogP contribution is 2.40. The Hall–Kier alpha value is -1.17. The van der Waals surface area contributed by atoms with E-state index in [1.54, 1.807) is 21.3 Å². The topological polar surface area (TPSA) is 57.0 Å². The van der Waals surface area contributed by atoms with E-state index in [1.165, 1.54) is 24.8 Å². The van der Waals surface area contributed by atoms with E-state index in [2.05, 4.69) is 4.90 Å². The van der Waals surface area contributed by atoms with Gasteiger partial charge < -0.3 is 19.9 Å². The number of likely N-dealkylation sites (tertiary alicyclic amines) is 1. The summed E-state index contributed by atoms with van der Waals surface area (Å²) in [4.78, 5) is 2.52. The Morgan fingerprint density at radius 3 is 2.25 bits per heavy atom. The van der Waals surface area contributed by atoms with Crippen LogP contribution in [-0.2, 0) is 6.54 Å². The van der Waals surface area contributed by atoms with Gasteiger partial charge in [-0.1, -0.05) is 6.42 Å². The smallest absolute Gasteiger partial charge is 0.203 e. The van der Waals surface area contributed by atoms with Crippen LogP contribution in [0.5, 0.6) is 17.2 Å². The monoisotopic (exact) mass is 356 g/mol. The van der Waals surface area contributed by atoms with Crippen molar-refractivity contribution in [2.24, 2.45) is 17.6 Å². The first kappa shape index (κ1) is 19.2. The summed E-state index contributed by atoms with van der Waals surface area (Å²) in [6.45, 7) is 3.15. The molecule has 3 unspecified atom stereocenters. The van der Waals surface area contributed by atoms with Crippen LogP contribution in [0.3, 0.4) is 0 Å². The Kier molecular flexibility index (Phi) is 6.61. The molecule has 0 spiro atoms. The highest BCUT2D eigenvalue weighted by Gasteiger charge is 2.38. The minimum atomic E-state index is 0. The number of benzene rings is 1. The molecule has 1 saturated carbocycles. The quantitative estimate of drug-likeness (QED) is 0.879. The molecule has 0 aromatic heterocycles. The van der Waals surface area contributed by atoms with E-state index in [0.717, 1.165) is 37.1 Å². The maximum atomic E-state index is 6.32. The number of methoxy groups -OCH3 is 3. The van der Waals surface area contributed by atoms with Gasteiger partial charge in [0.05, 0.1) is 21.3 Å². The number of hydrogen-bond donors (Lipinski definition) is 1. The zero-order valence-corrected chi connectivity index (χ0v) is 15.6. The SMILES string of the molecule is COc1cc(CN2CC3CCCC(N)C3C2)cc(OC)c1OC.Cl. The van der Waals surface area contributed by atoms with Gasteiger partial charge in [0.1, 0.15) is 0 Å². The molecule has 1 aliphatic heterocycles. The predicted molar refractivity (Wildman–Crippen MR) is 97.4 cm³/mol. The summed E-state index contributed by atoms with van der Waals surface area (Å²) >= 11 is 0. The Balaban J connectivity index is 0.00000208. The number of hydrogen-bond acceptors (Lipinski definition) is 5. The molecule has 2 aliphatic rings. The molecule has 1 saturated heterocycles. The first-order valence-corrected chi connectivity index (χ1v) is 8.43. The van der Waals surface area contributed by atoms with Gasteiger partial charge in [-0.3, -0.25) is 4.90 Å². The van der Waals surface area contributed by atoms with Crippen LogP contribution in [0.15, 0.2) is 12.1 Å². The molecule has 2 N–H and O–H groups in total. The number of nitrogens with two attached hydrogens (primary N) is 1. The third-order valence-electron chi connectivity index (χ3n) is 5.36. The van der Waals surface area contributed by atoms with Gasteiger partial charge in [-0.15, -0.1) is 12.4 Å². The van der Waals surface area contributed by atoms with E-state index in [1.807, 2.05) is 12.1 Å². The second-order valence-electron chi connectivity index (χ2n) is 6.75. The Morgan fingerprint density at radius 2 is 1.71 bits per heavy atom. The van der Waals surface area contributed by atoms with Gasteiger partial charge in [-0.05, 0) is 42.4 Å². The van der Waals surface area contributed by atoms with E-state index in [9.17, 15) is 0 Å². The van der Waals surface area contributed by atoms with E-state index in [4.69, 9.17) is 19.9 Å². The first-order chi connectivity index (χ1) is 11.2. The molecule has 1 heterocycles. The summed E-state index contributed by atoms with van der Waals surface area (Å²) in [5.74, 6) is 3.51. The highest BCUT2D eigenvalue weighted by atomic mass is 35.5. The summed E-state index contributed by atoms with van der Waals surface area (Å²) in [6.07, 6.45) is 3.78. The first-order valence-electron chi connectivity index (χ1n) is 8.43. The number of rotatable bonds is 5. The number of fused-ring (bicyclic) bond motifs is 1. The highest BCUT2D eigenvalue weighted by molar-refractivity contribution is 5.85. The van der Waals surface area contributed by atoms with Crippen LogP contribution in [0.25, 0.3) is 0 Å². The lowest BCUT2D eigenvalue weighted by molar-refractivity contribution is 0.259. The van der Waals surface area contributed by atoms with Crippen molar-refractivity contribution in [2.45, 2.75) is 31.8 Å². The van der Waals surface area contributed by atoms with Crippen LogP contribution in [-0.4, -0.2) is 45.4 Å². The van der Waals surface area contributed by atoms with E-state index >= 15 is 0 Å². The zero-order chi connectivity index (χ0) is 16.4. The van der Waals surface area contributed by atoms with Crippen molar-refractivity contribution >= 4 is 12.4 Å². The van der Waals surface area contributed by atoms with Crippen molar-refractivity contribution in [3.63, 3.8) is 0 Å². The van der Waals surface area contributed by atoms with Crippen LogP contribution in [0.2, 0.25) is 0 Å². The summed E-state index contributed by atoms with van der Waals surface area (Å²) in [5, 5.41) is 0. The van der Waals surface area contributed by atoms with E-state index < -0.39 is 0 Å². The van der Waals surface area contributed by atoms with Crippen LogP contribution in [0.1, 0.15) is 24.8 Å². The minimum absolute atomic E-state index is 0. The van der Waals surface area contributed by atoms with Gasteiger partial charge in [-0.2, -0.15) is 0 Å². The average molecular weight is 357 g/mol. The van der Waals surface area contributed by atoms with E-state index in [-0.39, 0.29) is 12.4 Å². The van der Waals surface area contributed by atoms with Crippen LogP contribution in [0, 0.1) is 11.8 Å². The Morgan fingerprint density at radius 1 is 1.04 bits per heavy atom. The molecular weight excluding hydrogens is 328 g/mol. The fourth-order valence-electron chi connectivity index (χ4n) is 4.22. The molecule has 0 radical (unpaired) electrons. The molecule has 3 rings (SSSR count). The fraction of sp³-hybridized carbons (Fsp3) is 0.667. The standard InChI is InChI=1S/C18H28N2O3.ClH/c1-21-16-7-12(8-17(22-2)18(16)23-3)9-20-10-13-5-4-6-15(19)14(13)11-20;/h7-8,13-15H,4-6,9-11,19H2,1-3H3;1H. The lowest BCUT2D eigenvalue weighted by atomic mass is 9.78. The molecule has 1 aliphatic carbocycles. The van der Waals surface area contributed by atoms with Gasteiger partial charge in [0.15, 0.2) is 11.5 Å². The normalized spacial score (nSPS) is 26.4. The summed E-state index contributed by atoms with van der Waals surface area (Å²) in [6, 6.07) is 4.46. The second-order valence-corrected chi connectivity index (χ2v) is 6.75. The van der Waals surface area contributed by atoms with Crippen molar-refractivity contribution < 1.29 is 14.2 Å². The lowest BCUT2D eigenvalue weighted by Crippen LogP contribution is -2.38. The molecular formula is C18H29ClN2O3. The van der Waals surface area contributed by atoms with Crippen LogP contribution >= 0.6 is 12.4 Å². The third-order valence-corrected chi connectivity index (χ3v) is 5.36. The predicted octanol–water partition coefficient (Wildman–Crippen LogP) is 2.69. The molecule has 3 atom stereocenters. The van der Waals surface area contributed by atoms with Crippen molar-refractivity contribution in [1.29, 1.82) is 0 Å². The second kappa shape index (κ2) is 8.28. The van der Waals surface area contributed by atoms with E-state index in [0.29, 0.717) is 17.7 Å². The molecule has 6 heteroatoms. The number of halogens is 1. The number of nitrogens with zero attached hydrogens (tertiary/aromatic N) is 1. The lowest BCUT2D eigenvalue weighted by Gasteiger charge is -2.29. The average Bonchev–Trinajstić information content (AvgIpc) is 2.97. The van der Waals surface area contributed by atoms with Gasteiger partial charge in [0.2, 0.25) is 5.75 Å². The Labute approximate surface area is 150 Å². The molecule has 0 bridgehead atoms. The summed E-state index contributed by atoms with van der Waals surface area (Å²) in [7, 11) is 4.95. The number of ether oxygens (including phenoxy) is 3. The van der Waals surface area contributed by atoms with Crippen molar-refractivity contribution in [3.05, 3.63) is 17.7 Å². The molecule has 136 valence electrons. The molecule has 1 aromatic carbocycles. The van der Waals surface area contributed by atoms with Crippen LogP contribution < -0.4 is 19.9 Å². The maximum Gasteiger partial charge on any atom is 0.203 e. The molecule has 1 aromatic rings. The van der Waals surface area contributed by atoms with Crippen molar-refractivity contribution in [2.75, 3.05) is 34.4 Å². The molecule has 0 amide bonds. The minimum Gasteiger partial charge on any atom is -0.493 e. The summed E-state index contributed by atoms with van der Waals surface area (Å²) in [5.41, 5.74) is 7.51. The third kappa shape index (κ3) is 3.73.